The molecule has 2 fully saturated rings. The van der Waals surface area contributed by atoms with Crippen LogP contribution in [-0.2, 0) is 50.8 Å². The van der Waals surface area contributed by atoms with Gasteiger partial charge in [0, 0.05) is 0 Å². The number of aliphatic hydroxyl groups is 1. The van der Waals surface area contributed by atoms with Gasteiger partial charge in [0.15, 0.2) is 11.5 Å². The van der Waals surface area contributed by atoms with Crippen LogP contribution >= 0.6 is 0 Å². The second-order valence-electron chi connectivity index (χ2n) is 15.2. The van der Waals surface area contributed by atoms with E-state index in [1.807, 2.05) is 79.7 Å². The van der Waals surface area contributed by atoms with E-state index in [0.29, 0.717) is 39.0 Å². The van der Waals surface area contributed by atoms with Crippen molar-refractivity contribution in [1.82, 2.24) is 0 Å². The Kier molecular flexibility index (Phi) is 10.9. The average molecular weight is 727 g/mol. The maximum atomic E-state index is 11.2. The van der Waals surface area contributed by atoms with E-state index in [-0.39, 0.29) is 6.61 Å². The van der Waals surface area contributed by atoms with Crippen LogP contribution in [0.4, 0.5) is 0 Å². The number of rotatable bonds is 14. The summed E-state index contributed by atoms with van der Waals surface area (Å²) in [4.78, 5) is 0. The molecule has 7 heteroatoms. The Balaban J connectivity index is 1.20. The summed E-state index contributed by atoms with van der Waals surface area (Å²) >= 11 is 0. The number of aliphatic hydroxyl groups excluding tert-OH is 1. The molecule has 0 amide bonds. The van der Waals surface area contributed by atoms with Crippen molar-refractivity contribution in [1.29, 1.82) is 0 Å². The molecule has 5 aromatic rings. The van der Waals surface area contributed by atoms with Crippen molar-refractivity contribution >= 4 is 0 Å². The highest BCUT2D eigenvalue weighted by molar-refractivity contribution is 5.47. The molecule has 5 atom stereocenters. The van der Waals surface area contributed by atoms with Crippen LogP contribution in [0.25, 0.3) is 0 Å². The summed E-state index contributed by atoms with van der Waals surface area (Å²) in [6.07, 6.45) is 1.21. The van der Waals surface area contributed by atoms with Gasteiger partial charge in [0.2, 0.25) is 0 Å². The van der Waals surface area contributed by atoms with Gasteiger partial charge >= 0.3 is 0 Å². The molecule has 8 rings (SSSR count). The van der Waals surface area contributed by atoms with Crippen molar-refractivity contribution in [3.63, 3.8) is 0 Å². The Morgan fingerprint density at radius 3 is 1.78 bits per heavy atom. The average Bonchev–Trinajstić information content (AvgIpc) is 4.06. The molecule has 1 unspecified atom stereocenters. The fraction of sp³-hybridized carbons (Fsp3) is 0.362. The lowest BCUT2D eigenvalue weighted by molar-refractivity contribution is -0.339. The Morgan fingerprint density at radius 2 is 1.19 bits per heavy atom. The molecule has 1 saturated carbocycles. The van der Waals surface area contributed by atoms with Crippen LogP contribution in [0.3, 0.4) is 0 Å². The first-order valence-electron chi connectivity index (χ1n) is 19.2. The summed E-state index contributed by atoms with van der Waals surface area (Å²) < 4.78 is 39.8. The molecular formula is C47H50O7. The van der Waals surface area contributed by atoms with Gasteiger partial charge in [-0.25, -0.2) is 0 Å². The van der Waals surface area contributed by atoms with E-state index in [1.54, 1.807) is 0 Å². The first kappa shape index (κ1) is 36.5. The van der Waals surface area contributed by atoms with E-state index >= 15 is 0 Å². The van der Waals surface area contributed by atoms with E-state index in [4.69, 9.17) is 28.4 Å². The van der Waals surface area contributed by atoms with Gasteiger partial charge < -0.3 is 33.5 Å². The highest BCUT2D eigenvalue weighted by atomic mass is 16.6. The van der Waals surface area contributed by atoms with Crippen LogP contribution in [-0.4, -0.2) is 48.8 Å². The van der Waals surface area contributed by atoms with Gasteiger partial charge in [-0.3, -0.25) is 0 Å². The Morgan fingerprint density at radius 1 is 0.611 bits per heavy atom. The summed E-state index contributed by atoms with van der Waals surface area (Å²) in [5, 5.41) is 11.2. The second-order valence-corrected chi connectivity index (χ2v) is 15.2. The zero-order valence-corrected chi connectivity index (χ0v) is 31.2. The van der Waals surface area contributed by atoms with Crippen molar-refractivity contribution in [3.8, 4) is 11.5 Å². The van der Waals surface area contributed by atoms with Crippen LogP contribution in [0, 0.1) is 0 Å². The van der Waals surface area contributed by atoms with E-state index in [1.165, 1.54) is 24.0 Å². The van der Waals surface area contributed by atoms with Gasteiger partial charge in [0.1, 0.15) is 42.7 Å². The fourth-order valence-corrected chi connectivity index (χ4v) is 8.03. The fourth-order valence-electron chi connectivity index (χ4n) is 8.03. The van der Waals surface area contributed by atoms with Crippen LogP contribution in [0.15, 0.2) is 127 Å². The Labute approximate surface area is 318 Å². The quantitative estimate of drug-likeness (QED) is 0.123. The maximum Gasteiger partial charge on any atom is 0.161 e. The third-order valence-electron chi connectivity index (χ3n) is 11.1. The molecule has 280 valence electrons. The van der Waals surface area contributed by atoms with Crippen LogP contribution in [0.2, 0.25) is 0 Å². The molecule has 5 aromatic carbocycles. The summed E-state index contributed by atoms with van der Waals surface area (Å²) in [7, 11) is 0. The highest BCUT2D eigenvalue weighted by Gasteiger charge is 2.60. The Bertz CT molecular complexity index is 1980. The van der Waals surface area contributed by atoms with Gasteiger partial charge in [-0.1, -0.05) is 115 Å². The zero-order valence-electron chi connectivity index (χ0n) is 31.2. The minimum absolute atomic E-state index is 0.275. The predicted molar refractivity (Wildman–Crippen MR) is 208 cm³/mol. The molecule has 1 aliphatic carbocycles. The number of hydrogen-bond acceptors (Lipinski definition) is 7. The smallest absolute Gasteiger partial charge is 0.161 e. The first-order chi connectivity index (χ1) is 26.4. The first-order valence-corrected chi connectivity index (χ1v) is 19.2. The number of ether oxygens (including phenoxy) is 6. The van der Waals surface area contributed by atoms with Crippen molar-refractivity contribution in [2.75, 3.05) is 19.8 Å². The van der Waals surface area contributed by atoms with Crippen molar-refractivity contribution in [3.05, 3.63) is 166 Å². The molecule has 1 N–H and O–H groups in total. The lowest BCUT2D eigenvalue weighted by atomic mass is 9.75. The van der Waals surface area contributed by atoms with Crippen molar-refractivity contribution < 1.29 is 33.5 Å². The molecule has 0 bridgehead atoms. The predicted octanol–water partition coefficient (Wildman–Crippen LogP) is 8.68. The van der Waals surface area contributed by atoms with E-state index < -0.39 is 29.5 Å². The van der Waals surface area contributed by atoms with Gasteiger partial charge in [-0.2, -0.15) is 0 Å². The topological polar surface area (TPSA) is 75.6 Å². The monoisotopic (exact) mass is 726 g/mol. The molecule has 0 aromatic heterocycles. The zero-order chi connectivity index (χ0) is 37.0. The molecular weight excluding hydrogens is 677 g/mol. The second kappa shape index (κ2) is 16.1. The third-order valence-corrected chi connectivity index (χ3v) is 11.1. The van der Waals surface area contributed by atoms with Gasteiger partial charge in [0.05, 0.1) is 26.4 Å². The molecule has 0 radical (unpaired) electrons. The number of hydrogen-bond donors (Lipinski definition) is 1. The normalized spacial score (nSPS) is 25.0. The van der Waals surface area contributed by atoms with Gasteiger partial charge in [-0.05, 0) is 90.1 Å². The molecule has 7 nitrogen and oxygen atoms in total. The number of fused-ring (bicyclic) bond motifs is 1. The molecule has 2 heterocycles. The summed E-state index contributed by atoms with van der Waals surface area (Å²) in [5.41, 5.74) is 5.66. The molecule has 0 spiro atoms. The van der Waals surface area contributed by atoms with Crippen LogP contribution < -0.4 is 9.47 Å². The van der Waals surface area contributed by atoms with Gasteiger partial charge in [0.25, 0.3) is 0 Å². The molecule has 1 saturated heterocycles. The summed E-state index contributed by atoms with van der Waals surface area (Å²) in [5.74, 6) is 2.12. The van der Waals surface area contributed by atoms with Crippen LogP contribution in [0.5, 0.6) is 11.5 Å². The largest absolute Gasteiger partial charge is 0.486 e. The Hall–Kier alpha value is -4.50. The standard InChI is InChI=1S/C47H50O7/c1-46(32-48)44(52-30-34-14-8-4-9-15-34)43(51-29-33-12-6-3-7-13-33)45(53-31-35-16-10-5-11-17-35)47(2,54-46)39-21-22-40(37-19-20-37)38(28-39)26-36-18-23-41-42(27-36)50-25-24-49-41/h3-18,21-23,27-28,37,43-45,48H,19-20,24-26,29-32H2,1-2H3/t43-,44-,45+,46+,47?/m0/s1. The SMILES string of the molecule is CC1(c2ccc(C3CC3)c(Cc3ccc4c(c3)OCCO4)c2)O[C@](C)(CO)[C@@H](OCc2ccccc2)[C@H](OCc2ccccc2)[C@H]1OCc1ccccc1. The van der Waals surface area contributed by atoms with E-state index in [2.05, 4.69) is 61.5 Å². The van der Waals surface area contributed by atoms with Gasteiger partial charge in [-0.15, -0.1) is 0 Å². The lowest BCUT2D eigenvalue weighted by Crippen LogP contribution is -2.69. The molecule has 3 aliphatic rings. The van der Waals surface area contributed by atoms with E-state index in [9.17, 15) is 5.11 Å². The van der Waals surface area contributed by atoms with Crippen molar-refractivity contribution in [2.24, 2.45) is 0 Å². The summed E-state index contributed by atoms with van der Waals surface area (Å²) in [6, 6.07) is 43.4. The van der Waals surface area contributed by atoms with Crippen molar-refractivity contribution in [2.45, 2.75) is 88.4 Å². The molecule has 54 heavy (non-hydrogen) atoms. The third kappa shape index (κ3) is 7.97. The lowest BCUT2D eigenvalue weighted by Gasteiger charge is -2.56. The number of benzene rings is 5. The summed E-state index contributed by atoms with van der Waals surface area (Å²) in [6.45, 7) is 5.87. The van der Waals surface area contributed by atoms with Crippen LogP contribution in [0.1, 0.15) is 71.6 Å². The minimum Gasteiger partial charge on any atom is -0.486 e. The molecule has 2 aliphatic heterocycles. The minimum atomic E-state index is -1.14. The maximum absolute atomic E-state index is 11.2. The highest BCUT2D eigenvalue weighted by Crippen LogP contribution is 2.49. The van der Waals surface area contributed by atoms with E-state index in [0.717, 1.165) is 45.7 Å².